The molecule has 0 aromatic heterocycles. The van der Waals surface area contributed by atoms with E-state index in [1.54, 1.807) is 4.90 Å². The fourth-order valence-electron chi connectivity index (χ4n) is 1.82. The van der Waals surface area contributed by atoms with E-state index in [-0.39, 0.29) is 24.8 Å². The van der Waals surface area contributed by atoms with Crippen LogP contribution in [0.5, 0.6) is 0 Å². The van der Waals surface area contributed by atoms with Gasteiger partial charge in [0.1, 0.15) is 5.60 Å². The van der Waals surface area contributed by atoms with Crippen LogP contribution in [0, 0.1) is 5.92 Å². The maximum atomic E-state index is 11.7. The number of aliphatic hydroxyl groups excluding tert-OH is 1. The summed E-state index contributed by atoms with van der Waals surface area (Å²) in [5.41, 5.74) is -0.443. The predicted octanol–water partition coefficient (Wildman–Crippen LogP) is 1.21. The minimum Gasteiger partial charge on any atom is -0.444 e. The van der Waals surface area contributed by atoms with Crippen molar-refractivity contribution in [3.63, 3.8) is 0 Å². The Morgan fingerprint density at radius 1 is 1.44 bits per heavy atom. The maximum absolute atomic E-state index is 11.7. The van der Waals surface area contributed by atoms with E-state index < -0.39 is 5.60 Å². The largest absolute Gasteiger partial charge is 0.444 e. The van der Waals surface area contributed by atoms with Gasteiger partial charge in [0.25, 0.3) is 0 Å². The molecule has 1 rings (SSSR count). The predicted molar refractivity (Wildman–Crippen MR) is 70.4 cm³/mol. The lowest BCUT2D eigenvalue weighted by molar-refractivity contribution is 0.00253. The molecule has 0 aromatic carbocycles. The zero-order valence-electron chi connectivity index (χ0n) is 12.1. The van der Waals surface area contributed by atoms with Crippen molar-refractivity contribution < 1.29 is 14.6 Å². The maximum Gasteiger partial charge on any atom is 0.410 e. The van der Waals surface area contributed by atoms with E-state index in [0.717, 1.165) is 0 Å². The third kappa shape index (κ3) is 4.46. The van der Waals surface area contributed by atoms with E-state index in [1.807, 2.05) is 20.8 Å². The van der Waals surface area contributed by atoms with E-state index in [1.165, 1.54) is 0 Å². The Morgan fingerprint density at radius 3 is 2.39 bits per heavy atom. The Morgan fingerprint density at radius 2 is 2.00 bits per heavy atom. The molecule has 0 spiro atoms. The number of nitrogens with one attached hydrogen (secondary N) is 1. The molecule has 18 heavy (non-hydrogen) atoms. The number of hydrogen-bond donors (Lipinski definition) is 2. The molecule has 5 heteroatoms. The van der Waals surface area contributed by atoms with Gasteiger partial charge in [-0.1, -0.05) is 13.8 Å². The van der Waals surface area contributed by atoms with Gasteiger partial charge in [0, 0.05) is 25.2 Å². The average Bonchev–Trinajstić information content (AvgIpc) is 2.12. The molecule has 1 fully saturated rings. The molecule has 1 heterocycles. The van der Waals surface area contributed by atoms with Gasteiger partial charge in [0.15, 0.2) is 0 Å². The second-order valence-corrected chi connectivity index (χ2v) is 6.28. The van der Waals surface area contributed by atoms with Crippen molar-refractivity contribution in [1.82, 2.24) is 10.2 Å². The normalized spacial score (nSPS) is 18.7. The summed E-state index contributed by atoms with van der Waals surface area (Å²) in [7, 11) is 0. The lowest BCUT2D eigenvalue weighted by atomic mass is 10.0. The monoisotopic (exact) mass is 258 g/mol. The molecule has 1 atom stereocenters. The van der Waals surface area contributed by atoms with E-state index in [9.17, 15) is 9.90 Å². The minimum absolute atomic E-state index is 0.0933. The van der Waals surface area contributed by atoms with Crippen LogP contribution in [0.25, 0.3) is 0 Å². The molecule has 1 saturated heterocycles. The van der Waals surface area contributed by atoms with E-state index >= 15 is 0 Å². The Labute approximate surface area is 109 Å². The van der Waals surface area contributed by atoms with Crippen LogP contribution >= 0.6 is 0 Å². The summed E-state index contributed by atoms with van der Waals surface area (Å²) in [4.78, 5) is 13.4. The number of hydrogen-bond acceptors (Lipinski definition) is 4. The standard InChI is InChI=1S/C13H26N2O3/c1-9(2)11(8-16)14-10-6-15(7-10)12(17)18-13(3,4)5/h9-11,14,16H,6-8H2,1-5H3. The highest BCUT2D eigenvalue weighted by molar-refractivity contribution is 5.69. The van der Waals surface area contributed by atoms with Crippen LogP contribution in [-0.4, -0.2) is 53.5 Å². The first-order valence-electron chi connectivity index (χ1n) is 6.57. The van der Waals surface area contributed by atoms with E-state index in [4.69, 9.17) is 4.74 Å². The SMILES string of the molecule is CC(C)C(CO)NC1CN(C(=O)OC(C)(C)C)C1. The molecule has 2 N–H and O–H groups in total. The van der Waals surface area contributed by atoms with Crippen LogP contribution in [0.4, 0.5) is 4.79 Å². The molecule has 0 radical (unpaired) electrons. The number of likely N-dealkylation sites (tertiary alicyclic amines) is 1. The molecule has 1 aliphatic heterocycles. The molecular weight excluding hydrogens is 232 g/mol. The van der Waals surface area contributed by atoms with Gasteiger partial charge < -0.3 is 20.1 Å². The van der Waals surface area contributed by atoms with Crippen LogP contribution in [-0.2, 0) is 4.74 Å². The Balaban J connectivity index is 2.29. The van der Waals surface area contributed by atoms with Crippen molar-refractivity contribution in [2.45, 2.75) is 52.3 Å². The van der Waals surface area contributed by atoms with Gasteiger partial charge in [-0.3, -0.25) is 0 Å². The first kappa shape index (κ1) is 15.2. The summed E-state index contributed by atoms with van der Waals surface area (Å²) in [6.45, 7) is 11.1. The molecule has 0 saturated carbocycles. The topological polar surface area (TPSA) is 61.8 Å². The van der Waals surface area contributed by atoms with Crippen molar-refractivity contribution in [2.75, 3.05) is 19.7 Å². The molecule has 5 nitrogen and oxygen atoms in total. The molecule has 0 aromatic rings. The quantitative estimate of drug-likeness (QED) is 0.796. The van der Waals surface area contributed by atoms with Crippen LogP contribution in [0.2, 0.25) is 0 Å². The molecule has 0 aliphatic carbocycles. The Bertz CT molecular complexity index is 280. The van der Waals surface area contributed by atoms with Crippen molar-refractivity contribution in [1.29, 1.82) is 0 Å². The summed E-state index contributed by atoms with van der Waals surface area (Å²) in [6, 6.07) is 0.354. The van der Waals surface area contributed by atoms with Crippen molar-refractivity contribution in [2.24, 2.45) is 5.92 Å². The zero-order chi connectivity index (χ0) is 13.9. The first-order valence-corrected chi connectivity index (χ1v) is 6.57. The highest BCUT2D eigenvalue weighted by atomic mass is 16.6. The highest BCUT2D eigenvalue weighted by Crippen LogP contribution is 2.16. The molecule has 0 bridgehead atoms. The third-order valence-electron chi connectivity index (χ3n) is 2.98. The fraction of sp³-hybridized carbons (Fsp3) is 0.923. The Hall–Kier alpha value is -0.810. The first-order chi connectivity index (χ1) is 8.23. The van der Waals surface area contributed by atoms with Crippen molar-refractivity contribution >= 4 is 6.09 Å². The number of nitrogens with zero attached hydrogens (tertiary/aromatic N) is 1. The number of amides is 1. The number of aliphatic hydroxyl groups is 1. The van der Waals surface area contributed by atoms with E-state index in [0.29, 0.717) is 19.0 Å². The van der Waals surface area contributed by atoms with Gasteiger partial charge in [-0.25, -0.2) is 4.79 Å². The molecule has 106 valence electrons. The van der Waals surface area contributed by atoms with Crippen LogP contribution in [0.15, 0.2) is 0 Å². The third-order valence-corrected chi connectivity index (χ3v) is 2.98. The summed E-state index contributed by atoms with van der Waals surface area (Å²) in [5, 5.41) is 12.6. The van der Waals surface area contributed by atoms with Gasteiger partial charge in [-0.15, -0.1) is 0 Å². The van der Waals surface area contributed by atoms with E-state index in [2.05, 4.69) is 19.2 Å². The summed E-state index contributed by atoms with van der Waals surface area (Å²) in [6.07, 6.45) is -0.259. The van der Waals surface area contributed by atoms with Crippen LogP contribution in [0.1, 0.15) is 34.6 Å². The lowest BCUT2D eigenvalue weighted by Gasteiger charge is -2.42. The number of carbonyl (C=O) groups excluding carboxylic acids is 1. The molecule has 1 unspecified atom stereocenters. The number of rotatable bonds is 4. The fourth-order valence-corrected chi connectivity index (χ4v) is 1.82. The smallest absolute Gasteiger partial charge is 0.410 e. The summed E-state index contributed by atoms with van der Waals surface area (Å²) >= 11 is 0. The lowest BCUT2D eigenvalue weighted by Crippen LogP contribution is -2.63. The van der Waals surface area contributed by atoms with Gasteiger partial charge in [-0.05, 0) is 26.7 Å². The minimum atomic E-state index is -0.443. The van der Waals surface area contributed by atoms with Gasteiger partial charge in [-0.2, -0.15) is 0 Å². The number of carbonyl (C=O) groups is 1. The number of ether oxygens (including phenoxy) is 1. The summed E-state index contributed by atoms with van der Waals surface area (Å²) < 4.78 is 5.28. The van der Waals surface area contributed by atoms with Gasteiger partial charge in [0.2, 0.25) is 0 Å². The van der Waals surface area contributed by atoms with Crippen molar-refractivity contribution in [3.05, 3.63) is 0 Å². The van der Waals surface area contributed by atoms with Gasteiger partial charge in [0.05, 0.1) is 6.61 Å². The summed E-state index contributed by atoms with van der Waals surface area (Å²) in [5.74, 6) is 0.380. The zero-order valence-corrected chi connectivity index (χ0v) is 12.1. The second-order valence-electron chi connectivity index (χ2n) is 6.28. The molecule has 1 amide bonds. The molecular formula is C13H26N2O3. The second kappa shape index (κ2) is 5.89. The average molecular weight is 258 g/mol. The molecule has 1 aliphatic rings. The highest BCUT2D eigenvalue weighted by Gasteiger charge is 2.34. The van der Waals surface area contributed by atoms with Crippen LogP contribution < -0.4 is 5.32 Å². The van der Waals surface area contributed by atoms with Crippen LogP contribution in [0.3, 0.4) is 0 Å². The van der Waals surface area contributed by atoms with Crippen molar-refractivity contribution in [3.8, 4) is 0 Å². The Kier molecular flexibility index (Phi) is 4.99. The van der Waals surface area contributed by atoms with Gasteiger partial charge >= 0.3 is 6.09 Å².